The molecule has 1 aliphatic rings. The number of benzene rings is 2. The molecule has 0 aliphatic carbocycles. The number of rotatable bonds is 6. The number of ether oxygens (including phenoxy) is 2. The molecule has 0 saturated carbocycles. The zero-order valence-electron chi connectivity index (χ0n) is 16.2. The van der Waals surface area contributed by atoms with Crippen LogP contribution in [0.4, 0.5) is 13.2 Å². The maximum Gasteiger partial charge on any atom is 0.167 e. The van der Waals surface area contributed by atoms with Gasteiger partial charge in [-0.25, -0.2) is 13.2 Å². The SMILES string of the molecule is C/C=C/c1ccc(-c2ccc(C3CCC(CCOC)CO3)c(F)c2F)cc1F. The third-order valence-corrected chi connectivity index (χ3v) is 5.22. The van der Waals surface area contributed by atoms with E-state index < -0.39 is 23.6 Å². The van der Waals surface area contributed by atoms with E-state index >= 15 is 0 Å². The fourth-order valence-corrected chi connectivity index (χ4v) is 3.61. The lowest BCUT2D eigenvalue weighted by molar-refractivity contribution is -0.0263. The van der Waals surface area contributed by atoms with Crippen LogP contribution >= 0.6 is 0 Å². The van der Waals surface area contributed by atoms with Crippen LogP contribution in [0.15, 0.2) is 36.4 Å². The molecular formula is C23H25F3O2. The predicted octanol–water partition coefficient (Wildman–Crippen LogP) is 6.31. The van der Waals surface area contributed by atoms with Crippen molar-refractivity contribution in [2.45, 2.75) is 32.3 Å². The van der Waals surface area contributed by atoms with Gasteiger partial charge >= 0.3 is 0 Å². The molecule has 2 atom stereocenters. The molecule has 3 rings (SSSR count). The summed E-state index contributed by atoms with van der Waals surface area (Å²) in [5, 5.41) is 0. The van der Waals surface area contributed by atoms with Crippen molar-refractivity contribution in [3.05, 3.63) is 65.0 Å². The van der Waals surface area contributed by atoms with Gasteiger partial charge in [0.1, 0.15) is 5.82 Å². The molecule has 0 N–H and O–H groups in total. The number of allylic oxidation sites excluding steroid dienone is 1. The Morgan fingerprint density at radius 1 is 1.11 bits per heavy atom. The number of hydrogen-bond donors (Lipinski definition) is 0. The second-order valence-electron chi connectivity index (χ2n) is 7.11. The molecule has 1 aliphatic heterocycles. The zero-order valence-corrected chi connectivity index (χ0v) is 16.2. The van der Waals surface area contributed by atoms with Crippen molar-refractivity contribution < 1.29 is 22.6 Å². The molecule has 0 amide bonds. The minimum Gasteiger partial charge on any atom is -0.385 e. The van der Waals surface area contributed by atoms with Crippen molar-refractivity contribution in [3.8, 4) is 11.1 Å². The lowest BCUT2D eigenvalue weighted by atomic mass is 9.91. The predicted molar refractivity (Wildman–Crippen MR) is 104 cm³/mol. The highest BCUT2D eigenvalue weighted by Crippen LogP contribution is 2.36. The fourth-order valence-electron chi connectivity index (χ4n) is 3.61. The van der Waals surface area contributed by atoms with Crippen molar-refractivity contribution >= 4 is 6.08 Å². The second-order valence-corrected chi connectivity index (χ2v) is 7.11. The van der Waals surface area contributed by atoms with E-state index in [2.05, 4.69) is 0 Å². The van der Waals surface area contributed by atoms with E-state index in [0.29, 0.717) is 36.7 Å². The third-order valence-electron chi connectivity index (χ3n) is 5.22. The fraction of sp³-hybridized carbons (Fsp3) is 0.391. The average Bonchev–Trinajstić information content (AvgIpc) is 2.71. The highest BCUT2D eigenvalue weighted by Gasteiger charge is 2.27. The van der Waals surface area contributed by atoms with E-state index in [4.69, 9.17) is 9.47 Å². The van der Waals surface area contributed by atoms with Gasteiger partial charge < -0.3 is 9.47 Å². The minimum absolute atomic E-state index is 0.0426. The van der Waals surface area contributed by atoms with Gasteiger partial charge in [-0.1, -0.05) is 36.4 Å². The summed E-state index contributed by atoms with van der Waals surface area (Å²) in [4.78, 5) is 0. The van der Waals surface area contributed by atoms with Gasteiger partial charge in [0.2, 0.25) is 0 Å². The average molecular weight is 390 g/mol. The smallest absolute Gasteiger partial charge is 0.167 e. The topological polar surface area (TPSA) is 18.5 Å². The monoisotopic (exact) mass is 390 g/mol. The van der Waals surface area contributed by atoms with Crippen molar-refractivity contribution in [2.24, 2.45) is 5.92 Å². The molecule has 1 saturated heterocycles. The van der Waals surface area contributed by atoms with E-state index in [1.165, 1.54) is 12.1 Å². The van der Waals surface area contributed by atoms with Gasteiger partial charge in [0.05, 0.1) is 12.7 Å². The summed E-state index contributed by atoms with van der Waals surface area (Å²) in [5.74, 6) is -1.99. The highest BCUT2D eigenvalue weighted by atomic mass is 19.2. The van der Waals surface area contributed by atoms with Crippen LogP contribution in [0.2, 0.25) is 0 Å². The molecule has 2 aromatic rings. The largest absolute Gasteiger partial charge is 0.385 e. The second kappa shape index (κ2) is 9.39. The maximum atomic E-state index is 14.8. The Balaban J connectivity index is 1.79. The van der Waals surface area contributed by atoms with Crippen LogP contribution in [-0.4, -0.2) is 20.3 Å². The van der Waals surface area contributed by atoms with Crippen LogP contribution in [0.1, 0.15) is 43.4 Å². The molecule has 2 aromatic carbocycles. The lowest BCUT2D eigenvalue weighted by Gasteiger charge is -2.29. The molecule has 1 heterocycles. The van der Waals surface area contributed by atoms with Gasteiger partial charge in [-0.2, -0.15) is 0 Å². The molecule has 150 valence electrons. The molecule has 1 fully saturated rings. The van der Waals surface area contributed by atoms with Gasteiger partial charge in [0.25, 0.3) is 0 Å². The van der Waals surface area contributed by atoms with E-state index in [0.717, 1.165) is 12.8 Å². The molecule has 0 bridgehead atoms. The molecule has 0 aromatic heterocycles. The molecule has 2 nitrogen and oxygen atoms in total. The maximum absolute atomic E-state index is 14.8. The first-order valence-corrected chi connectivity index (χ1v) is 9.56. The van der Waals surface area contributed by atoms with E-state index in [1.807, 2.05) is 0 Å². The lowest BCUT2D eigenvalue weighted by Crippen LogP contribution is -2.22. The summed E-state index contributed by atoms with van der Waals surface area (Å²) in [6, 6.07) is 7.42. The number of hydrogen-bond acceptors (Lipinski definition) is 2. The molecular weight excluding hydrogens is 365 g/mol. The Labute approximate surface area is 164 Å². The first kappa shape index (κ1) is 20.6. The Hall–Kier alpha value is -2.11. The van der Waals surface area contributed by atoms with Crippen molar-refractivity contribution in [3.63, 3.8) is 0 Å². The third kappa shape index (κ3) is 4.47. The highest BCUT2D eigenvalue weighted by molar-refractivity contribution is 5.67. The van der Waals surface area contributed by atoms with Crippen LogP contribution in [0.3, 0.4) is 0 Å². The number of methoxy groups -OCH3 is 1. The van der Waals surface area contributed by atoms with Crippen LogP contribution in [-0.2, 0) is 9.47 Å². The summed E-state index contributed by atoms with van der Waals surface area (Å²) in [7, 11) is 1.66. The first-order valence-electron chi connectivity index (χ1n) is 9.56. The summed E-state index contributed by atoms with van der Waals surface area (Å²) in [6.07, 6.45) is 5.30. The number of halogens is 3. The van der Waals surface area contributed by atoms with Gasteiger partial charge in [0.15, 0.2) is 11.6 Å². The summed E-state index contributed by atoms with van der Waals surface area (Å²) < 4.78 is 54.5. The van der Waals surface area contributed by atoms with Gasteiger partial charge in [-0.15, -0.1) is 0 Å². The van der Waals surface area contributed by atoms with Crippen LogP contribution in [0.5, 0.6) is 0 Å². The Bertz CT molecular complexity index is 840. The minimum atomic E-state index is -0.971. The Morgan fingerprint density at radius 2 is 1.93 bits per heavy atom. The van der Waals surface area contributed by atoms with Crippen LogP contribution in [0.25, 0.3) is 17.2 Å². The van der Waals surface area contributed by atoms with Crippen molar-refractivity contribution in [1.29, 1.82) is 0 Å². The molecule has 0 spiro atoms. The standard InChI is InChI=1S/C23H25F3O2/c1-3-4-16-6-7-17(13-20(16)24)18-8-9-19(23(26)22(18)25)21-10-5-15(14-28-21)11-12-27-2/h3-4,6-9,13,15,21H,5,10-12,14H2,1-2H3/b4-3+. The summed E-state index contributed by atoms with van der Waals surface area (Å²) in [6.45, 7) is 2.96. The molecule has 0 radical (unpaired) electrons. The first-order chi connectivity index (χ1) is 13.5. The van der Waals surface area contributed by atoms with Crippen molar-refractivity contribution in [1.82, 2.24) is 0 Å². The molecule has 28 heavy (non-hydrogen) atoms. The van der Waals surface area contributed by atoms with E-state index in [-0.39, 0.29) is 11.1 Å². The van der Waals surface area contributed by atoms with Gasteiger partial charge in [0, 0.05) is 30.4 Å². The Morgan fingerprint density at radius 3 is 2.57 bits per heavy atom. The van der Waals surface area contributed by atoms with Crippen LogP contribution < -0.4 is 0 Å². The van der Waals surface area contributed by atoms with E-state index in [1.54, 1.807) is 44.4 Å². The van der Waals surface area contributed by atoms with Gasteiger partial charge in [-0.05, 0) is 43.7 Å². The van der Waals surface area contributed by atoms with Crippen molar-refractivity contribution in [2.75, 3.05) is 20.3 Å². The summed E-state index contributed by atoms with van der Waals surface area (Å²) >= 11 is 0. The quantitative estimate of drug-likeness (QED) is 0.576. The van der Waals surface area contributed by atoms with Gasteiger partial charge in [-0.3, -0.25) is 0 Å². The van der Waals surface area contributed by atoms with Crippen LogP contribution in [0, 0.1) is 23.4 Å². The van der Waals surface area contributed by atoms with E-state index in [9.17, 15) is 13.2 Å². The Kier molecular flexibility index (Phi) is 6.92. The zero-order chi connectivity index (χ0) is 20.1. The molecule has 2 unspecified atom stereocenters. The normalized spacial score (nSPS) is 20.0. The molecule has 5 heteroatoms. The summed E-state index contributed by atoms with van der Waals surface area (Å²) in [5.41, 5.74) is 0.971.